The SMILES string of the molecule is CCCNC(=S)N(Cc1cccs1)Cc1cc2cc(C)cc(C)c2[nH]c1=O. The first-order valence-corrected chi connectivity index (χ1v) is 10.4. The van der Waals surface area contributed by atoms with Gasteiger partial charge in [0, 0.05) is 17.0 Å². The number of benzene rings is 1. The molecule has 0 amide bonds. The topological polar surface area (TPSA) is 48.1 Å². The molecule has 0 bridgehead atoms. The summed E-state index contributed by atoms with van der Waals surface area (Å²) in [4.78, 5) is 19.0. The maximum atomic E-state index is 12.7. The lowest BCUT2D eigenvalue weighted by Gasteiger charge is -2.25. The van der Waals surface area contributed by atoms with E-state index in [1.54, 1.807) is 11.3 Å². The van der Waals surface area contributed by atoms with Crippen molar-refractivity contribution in [3.05, 3.63) is 67.6 Å². The van der Waals surface area contributed by atoms with E-state index in [1.807, 2.05) is 19.1 Å². The Morgan fingerprint density at radius 2 is 2.07 bits per heavy atom. The van der Waals surface area contributed by atoms with E-state index in [0.29, 0.717) is 18.2 Å². The van der Waals surface area contributed by atoms with Gasteiger partial charge in [-0.15, -0.1) is 11.3 Å². The van der Waals surface area contributed by atoms with Crippen LogP contribution in [0.3, 0.4) is 0 Å². The molecule has 6 heteroatoms. The average Bonchev–Trinajstić information content (AvgIpc) is 3.13. The normalized spacial score (nSPS) is 10.9. The summed E-state index contributed by atoms with van der Waals surface area (Å²) in [6.07, 6.45) is 1.00. The molecule has 0 radical (unpaired) electrons. The van der Waals surface area contributed by atoms with Crippen LogP contribution in [-0.2, 0) is 13.1 Å². The standard InChI is InChI=1S/C21H25N3OS2/c1-4-7-22-21(26)24(13-18-6-5-8-27-18)12-17-11-16-10-14(2)9-15(3)19(16)23-20(17)25/h5-6,8-11H,4,7,12-13H2,1-3H3,(H,22,26)(H,23,25). The number of rotatable bonds is 6. The van der Waals surface area contributed by atoms with Gasteiger partial charge in [-0.1, -0.05) is 24.6 Å². The molecular formula is C21H25N3OS2. The third kappa shape index (κ3) is 4.76. The molecule has 0 atom stereocenters. The molecule has 0 aliphatic heterocycles. The number of thiophene rings is 1. The number of hydrogen-bond acceptors (Lipinski definition) is 3. The number of aryl methyl sites for hydroxylation is 2. The van der Waals surface area contributed by atoms with Gasteiger partial charge in [0.25, 0.3) is 5.56 Å². The zero-order chi connectivity index (χ0) is 19.4. The minimum atomic E-state index is -0.0519. The first-order chi connectivity index (χ1) is 13.0. The van der Waals surface area contributed by atoms with Crippen molar-refractivity contribution in [2.75, 3.05) is 6.54 Å². The Labute approximate surface area is 169 Å². The molecule has 0 saturated carbocycles. The molecule has 27 heavy (non-hydrogen) atoms. The van der Waals surface area contributed by atoms with E-state index in [4.69, 9.17) is 12.2 Å². The second kappa shape index (κ2) is 8.67. The van der Waals surface area contributed by atoms with Crippen molar-refractivity contribution < 1.29 is 0 Å². The molecule has 2 N–H and O–H groups in total. The molecule has 142 valence electrons. The number of hydrogen-bond donors (Lipinski definition) is 2. The highest BCUT2D eigenvalue weighted by molar-refractivity contribution is 7.80. The van der Waals surface area contributed by atoms with Gasteiger partial charge < -0.3 is 15.2 Å². The van der Waals surface area contributed by atoms with E-state index >= 15 is 0 Å². The van der Waals surface area contributed by atoms with E-state index in [0.717, 1.165) is 35.0 Å². The molecule has 0 spiro atoms. The Morgan fingerprint density at radius 1 is 1.26 bits per heavy atom. The summed E-state index contributed by atoms with van der Waals surface area (Å²) >= 11 is 7.30. The average molecular weight is 400 g/mol. The second-order valence-electron chi connectivity index (χ2n) is 6.84. The van der Waals surface area contributed by atoms with Crippen molar-refractivity contribution in [3.8, 4) is 0 Å². The van der Waals surface area contributed by atoms with Crippen molar-refractivity contribution in [1.29, 1.82) is 0 Å². The molecule has 0 aliphatic carbocycles. The minimum absolute atomic E-state index is 0.0519. The molecule has 0 fully saturated rings. The number of nitrogens with zero attached hydrogens (tertiary/aromatic N) is 1. The minimum Gasteiger partial charge on any atom is -0.363 e. The molecule has 3 rings (SSSR count). The van der Waals surface area contributed by atoms with Gasteiger partial charge in [0.05, 0.1) is 18.6 Å². The van der Waals surface area contributed by atoms with Crippen molar-refractivity contribution in [3.63, 3.8) is 0 Å². The molecule has 2 heterocycles. The van der Waals surface area contributed by atoms with Gasteiger partial charge in [-0.25, -0.2) is 0 Å². The lowest BCUT2D eigenvalue weighted by Crippen LogP contribution is -2.40. The van der Waals surface area contributed by atoms with E-state index in [-0.39, 0.29) is 5.56 Å². The Kier molecular flexibility index (Phi) is 6.29. The van der Waals surface area contributed by atoms with E-state index < -0.39 is 0 Å². The van der Waals surface area contributed by atoms with Crippen molar-refractivity contribution >= 4 is 39.6 Å². The zero-order valence-electron chi connectivity index (χ0n) is 16.0. The van der Waals surface area contributed by atoms with Gasteiger partial charge in [0.2, 0.25) is 0 Å². The van der Waals surface area contributed by atoms with Crippen molar-refractivity contribution in [1.82, 2.24) is 15.2 Å². The number of thiocarbonyl (C=S) groups is 1. The highest BCUT2D eigenvalue weighted by Gasteiger charge is 2.15. The first-order valence-electron chi connectivity index (χ1n) is 9.16. The smallest absolute Gasteiger partial charge is 0.253 e. The molecule has 0 saturated heterocycles. The number of nitrogens with one attached hydrogen (secondary N) is 2. The molecule has 1 aromatic carbocycles. The molecule has 0 aliphatic rings. The Morgan fingerprint density at radius 3 is 2.78 bits per heavy atom. The van der Waals surface area contributed by atoms with Gasteiger partial charge in [0.15, 0.2) is 5.11 Å². The van der Waals surface area contributed by atoms with Crippen LogP contribution in [0.15, 0.2) is 40.5 Å². The largest absolute Gasteiger partial charge is 0.363 e. The summed E-state index contributed by atoms with van der Waals surface area (Å²) in [6, 6.07) is 10.3. The van der Waals surface area contributed by atoms with Crippen LogP contribution in [0.5, 0.6) is 0 Å². The predicted octanol–water partition coefficient (Wildman–Crippen LogP) is 4.49. The lowest BCUT2D eigenvalue weighted by atomic mass is 10.1. The van der Waals surface area contributed by atoms with Crippen molar-refractivity contribution in [2.24, 2.45) is 0 Å². The number of aromatic amines is 1. The van der Waals surface area contributed by atoms with Gasteiger partial charge in [-0.05, 0) is 67.0 Å². The summed E-state index contributed by atoms with van der Waals surface area (Å²) in [7, 11) is 0. The lowest BCUT2D eigenvalue weighted by molar-refractivity contribution is 0.401. The van der Waals surface area contributed by atoms with E-state index in [1.165, 1.54) is 10.4 Å². The van der Waals surface area contributed by atoms with Crippen LogP contribution >= 0.6 is 23.6 Å². The van der Waals surface area contributed by atoms with Gasteiger partial charge >= 0.3 is 0 Å². The fourth-order valence-corrected chi connectivity index (χ4v) is 4.14. The zero-order valence-corrected chi connectivity index (χ0v) is 17.6. The fraction of sp³-hybridized carbons (Fsp3) is 0.333. The van der Waals surface area contributed by atoms with E-state index in [9.17, 15) is 4.79 Å². The third-order valence-corrected chi connectivity index (χ3v) is 5.74. The van der Waals surface area contributed by atoms with Crippen LogP contribution < -0.4 is 10.9 Å². The second-order valence-corrected chi connectivity index (χ2v) is 8.26. The van der Waals surface area contributed by atoms with Crippen molar-refractivity contribution in [2.45, 2.75) is 40.3 Å². The Bertz CT molecular complexity index is 993. The summed E-state index contributed by atoms with van der Waals surface area (Å²) in [6.45, 7) is 8.20. The summed E-state index contributed by atoms with van der Waals surface area (Å²) in [5, 5.41) is 7.10. The van der Waals surface area contributed by atoms with Gasteiger partial charge in [-0.2, -0.15) is 0 Å². The molecule has 0 unspecified atom stereocenters. The maximum Gasteiger partial charge on any atom is 0.253 e. The van der Waals surface area contributed by atoms with Gasteiger partial charge in [-0.3, -0.25) is 4.79 Å². The maximum absolute atomic E-state index is 12.7. The fourth-order valence-electron chi connectivity index (χ4n) is 3.19. The first kappa shape index (κ1) is 19.6. The molecule has 4 nitrogen and oxygen atoms in total. The predicted molar refractivity (Wildman–Crippen MR) is 119 cm³/mol. The third-order valence-electron chi connectivity index (χ3n) is 4.47. The Balaban J connectivity index is 1.93. The number of pyridine rings is 1. The summed E-state index contributed by atoms with van der Waals surface area (Å²) in [5.74, 6) is 0. The molecular weight excluding hydrogens is 374 g/mol. The van der Waals surface area contributed by atoms with Gasteiger partial charge in [0.1, 0.15) is 0 Å². The monoisotopic (exact) mass is 399 g/mol. The highest BCUT2D eigenvalue weighted by atomic mass is 32.1. The number of H-pyrrole nitrogens is 1. The van der Waals surface area contributed by atoms with Crippen LogP contribution in [0.4, 0.5) is 0 Å². The summed E-state index contributed by atoms with van der Waals surface area (Å²) in [5.41, 5.74) is 3.86. The van der Waals surface area contributed by atoms with Crippen LogP contribution in [0, 0.1) is 13.8 Å². The number of fused-ring (bicyclic) bond motifs is 1. The summed E-state index contributed by atoms with van der Waals surface area (Å²) < 4.78 is 0. The highest BCUT2D eigenvalue weighted by Crippen LogP contribution is 2.19. The molecule has 2 aromatic heterocycles. The van der Waals surface area contributed by atoms with Crippen LogP contribution in [0.2, 0.25) is 0 Å². The number of aromatic nitrogens is 1. The van der Waals surface area contributed by atoms with Crippen LogP contribution in [-0.4, -0.2) is 21.5 Å². The van der Waals surface area contributed by atoms with Crippen LogP contribution in [0.25, 0.3) is 10.9 Å². The quantitative estimate of drug-likeness (QED) is 0.600. The Hall–Kier alpha value is -2.18. The van der Waals surface area contributed by atoms with Crippen LogP contribution in [0.1, 0.15) is 34.9 Å². The molecule has 3 aromatic rings. The van der Waals surface area contributed by atoms with E-state index in [2.05, 4.69) is 52.6 Å².